The van der Waals surface area contributed by atoms with Crippen molar-refractivity contribution in [2.75, 3.05) is 6.54 Å². The van der Waals surface area contributed by atoms with Gasteiger partial charge in [-0.15, -0.1) is 0 Å². The van der Waals surface area contributed by atoms with Gasteiger partial charge in [-0.1, -0.05) is 72.1 Å². The molecule has 0 aliphatic heterocycles. The monoisotopic (exact) mass is 315 g/mol. The SMILES string of the molecule is CCCCCCCCCCC(O)CNC(CC(C)C)C(=O)O. The Hall–Kier alpha value is -0.610. The Morgan fingerprint density at radius 2 is 1.55 bits per heavy atom. The Morgan fingerprint density at radius 3 is 2.05 bits per heavy atom. The molecule has 0 saturated heterocycles. The van der Waals surface area contributed by atoms with Crippen molar-refractivity contribution in [2.45, 2.75) is 97.1 Å². The molecule has 132 valence electrons. The summed E-state index contributed by atoms with van der Waals surface area (Å²) >= 11 is 0. The Morgan fingerprint density at radius 1 is 1.00 bits per heavy atom. The molecule has 0 aliphatic carbocycles. The van der Waals surface area contributed by atoms with Crippen LogP contribution in [0.5, 0.6) is 0 Å². The van der Waals surface area contributed by atoms with Gasteiger partial charge in [0.05, 0.1) is 6.10 Å². The number of aliphatic carboxylic acids is 1. The van der Waals surface area contributed by atoms with Crippen molar-refractivity contribution in [3.05, 3.63) is 0 Å². The van der Waals surface area contributed by atoms with E-state index < -0.39 is 18.1 Å². The first kappa shape index (κ1) is 21.4. The summed E-state index contributed by atoms with van der Waals surface area (Å²) in [6.45, 7) is 6.62. The highest BCUT2D eigenvalue weighted by molar-refractivity contribution is 5.73. The number of rotatable bonds is 15. The number of unbranched alkanes of at least 4 members (excludes halogenated alkanes) is 7. The van der Waals surface area contributed by atoms with E-state index in [2.05, 4.69) is 12.2 Å². The van der Waals surface area contributed by atoms with Gasteiger partial charge in [-0.05, 0) is 18.8 Å². The third-order valence-corrected chi connectivity index (χ3v) is 4.00. The number of carbonyl (C=O) groups is 1. The molecule has 0 radical (unpaired) electrons. The Bertz CT molecular complexity index is 269. The summed E-state index contributed by atoms with van der Waals surface area (Å²) < 4.78 is 0. The molecule has 0 fully saturated rings. The van der Waals surface area contributed by atoms with E-state index in [1.807, 2.05) is 13.8 Å². The molecule has 0 aliphatic rings. The number of hydrogen-bond acceptors (Lipinski definition) is 3. The molecular formula is C18H37NO3. The molecule has 0 heterocycles. The van der Waals surface area contributed by atoms with Crippen molar-refractivity contribution in [2.24, 2.45) is 5.92 Å². The first-order valence-corrected chi connectivity index (χ1v) is 9.11. The first-order chi connectivity index (χ1) is 10.5. The first-order valence-electron chi connectivity index (χ1n) is 9.11. The highest BCUT2D eigenvalue weighted by Crippen LogP contribution is 2.11. The molecule has 0 bridgehead atoms. The molecule has 3 N–H and O–H groups in total. The second-order valence-electron chi connectivity index (χ2n) is 6.85. The van der Waals surface area contributed by atoms with Crippen LogP contribution in [0, 0.1) is 5.92 Å². The minimum absolute atomic E-state index is 0.332. The highest BCUT2D eigenvalue weighted by atomic mass is 16.4. The van der Waals surface area contributed by atoms with E-state index in [1.165, 1.54) is 38.5 Å². The van der Waals surface area contributed by atoms with Crippen LogP contribution < -0.4 is 5.32 Å². The van der Waals surface area contributed by atoms with Gasteiger partial charge in [0.1, 0.15) is 6.04 Å². The van der Waals surface area contributed by atoms with Gasteiger partial charge in [0.15, 0.2) is 0 Å². The third kappa shape index (κ3) is 13.1. The van der Waals surface area contributed by atoms with Crippen molar-refractivity contribution in [1.82, 2.24) is 5.32 Å². The van der Waals surface area contributed by atoms with Gasteiger partial charge in [0.25, 0.3) is 0 Å². The zero-order valence-electron chi connectivity index (χ0n) is 14.8. The lowest BCUT2D eigenvalue weighted by molar-refractivity contribution is -0.140. The fraction of sp³-hybridized carbons (Fsp3) is 0.944. The van der Waals surface area contributed by atoms with Crippen LogP contribution in [0.1, 0.15) is 85.0 Å². The largest absolute Gasteiger partial charge is 0.480 e. The predicted molar refractivity (Wildman–Crippen MR) is 92.1 cm³/mol. The molecule has 0 rings (SSSR count). The van der Waals surface area contributed by atoms with Crippen LogP contribution in [-0.4, -0.2) is 34.9 Å². The topological polar surface area (TPSA) is 69.6 Å². The number of carboxylic acids is 1. The minimum atomic E-state index is -0.826. The molecule has 0 aromatic heterocycles. The predicted octanol–water partition coefficient (Wildman–Crippen LogP) is 3.97. The van der Waals surface area contributed by atoms with E-state index >= 15 is 0 Å². The summed E-state index contributed by atoms with van der Waals surface area (Å²) in [5.41, 5.74) is 0. The average Bonchev–Trinajstić information content (AvgIpc) is 2.45. The van der Waals surface area contributed by atoms with Crippen molar-refractivity contribution in [1.29, 1.82) is 0 Å². The zero-order valence-corrected chi connectivity index (χ0v) is 14.8. The second-order valence-corrected chi connectivity index (χ2v) is 6.85. The molecule has 4 nitrogen and oxygen atoms in total. The fourth-order valence-corrected chi connectivity index (χ4v) is 2.64. The molecule has 2 unspecified atom stereocenters. The van der Waals surface area contributed by atoms with Crippen LogP contribution in [0.25, 0.3) is 0 Å². The van der Waals surface area contributed by atoms with Crippen molar-refractivity contribution >= 4 is 5.97 Å². The summed E-state index contributed by atoms with van der Waals surface area (Å²) in [7, 11) is 0. The van der Waals surface area contributed by atoms with Gasteiger partial charge in [0, 0.05) is 6.54 Å². The van der Waals surface area contributed by atoms with Crippen LogP contribution in [0.2, 0.25) is 0 Å². The van der Waals surface area contributed by atoms with Gasteiger partial charge >= 0.3 is 5.97 Å². The van der Waals surface area contributed by atoms with E-state index in [1.54, 1.807) is 0 Å². The molecule has 0 spiro atoms. The van der Waals surface area contributed by atoms with Gasteiger partial charge in [-0.3, -0.25) is 4.79 Å². The molecule has 0 saturated carbocycles. The van der Waals surface area contributed by atoms with Crippen LogP contribution in [0.4, 0.5) is 0 Å². The highest BCUT2D eigenvalue weighted by Gasteiger charge is 2.19. The zero-order chi connectivity index (χ0) is 16.8. The number of nitrogens with one attached hydrogen (secondary N) is 1. The average molecular weight is 315 g/mol. The number of aliphatic hydroxyl groups excluding tert-OH is 1. The van der Waals surface area contributed by atoms with Crippen molar-refractivity contribution in [3.8, 4) is 0 Å². The molecule has 4 heteroatoms. The van der Waals surface area contributed by atoms with Gasteiger partial charge in [0.2, 0.25) is 0 Å². The minimum Gasteiger partial charge on any atom is -0.480 e. The van der Waals surface area contributed by atoms with E-state index in [4.69, 9.17) is 5.11 Å². The molecule has 0 aromatic carbocycles. The fourth-order valence-electron chi connectivity index (χ4n) is 2.64. The summed E-state index contributed by atoms with van der Waals surface area (Å²) in [4.78, 5) is 11.1. The van der Waals surface area contributed by atoms with Crippen LogP contribution in [0.15, 0.2) is 0 Å². The quantitative estimate of drug-likeness (QED) is 0.400. The lowest BCUT2D eigenvalue weighted by Crippen LogP contribution is -2.41. The second kappa shape index (κ2) is 14.0. The standard InChI is InChI=1S/C18H37NO3/c1-4-5-6-7-8-9-10-11-12-16(20)14-19-17(18(21)22)13-15(2)3/h15-17,19-20H,4-14H2,1-3H3,(H,21,22). The number of hydrogen-bond donors (Lipinski definition) is 3. The van der Waals surface area contributed by atoms with Gasteiger partial charge in [-0.25, -0.2) is 0 Å². The number of carboxylic acid groups (broad SMARTS) is 1. The van der Waals surface area contributed by atoms with E-state index in [9.17, 15) is 9.90 Å². The third-order valence-electron chi connectivity index (χ3n) is 4.00. The van der Waals surface area contributed by atoms with E-state index in [0.717, 1.165) is 19.3 Å². The maximum absolute atomic E-state index is 11.1. The molecular weight excluding hydrogens is 278 g/mol. The lowest BCUT2D eigenvalue weighted by atomic mass is 10.0. The summed E-state index contributed by atoms with van der Waals surface area (Å²) in [5.74, 6) is -0.494. The molecule has 0 aromatic rings. The lowest BCUT2D eigenvalue weighted by Gasteiger charge is -2.19. The van der Waals surface area contributed by atoms with Crippen LogP contribution in [0.3, 0.4) is 0 Å². The Labute approximate surface area is 136 Å². The summed E-state index contributed by atoms with van der Waals surface area (Å²) in [6, 6.07) is -0.548. The molecule has 22 heavy (non-hydrogen) atoms. The van der Waals surface area contributed by atoms with Crippen molar-refractivity contribution in [3.63, 3.8) is 0 Å². The maximum atomic E-state index is 11.1. The Balaban J connectivity index is 3.59. The molecule has 0 amide bonds. The van der Waals surface area contributed by atoms with Gasteiger partial charge < -0.3 is 15.5 Å². The smallest absolute Gasteiger partial charge is 0.320 e. The molecule has 2 atom stereocenters. The Kier molecular flexibility index (Phi) is 13.6. The summed E-state index contributed by atoms with van der Waals surface area (Å²) in [5, 5.41) is 22.0. The number of aliphatic hydroxyl groups is 1. The summed E-state index contributed by atoms with van der Waals surface area (Å²) in [6.07, 6.45) is 10.9. The van der Waals surface area contributed by atoms with Crippen molar-refractivity contribution < 1.29 is 15.0 Å². The van der Waals surface area contributed by atoms with E-state index in [-0.39, 0.29) is 0 Å². The maximum Gasteiger partial charge on any atom is 0.320 e. The van der Waals surface area contributed by atoms with Gasteiger partial charge in [-0.2, -0.15) is 0 Å². The van der Waals surface area contributed by atoms with E-state index in [0.29, 0.717) is 18.9 Å². The van der Waals surface area contributed by atoms with Crippen LogP contribution in [-0.2, 0) is 4.79 Å². The van der Waals surface area contributed by atoms with Crippen LogP contribution >= 0.6 is 0 Å². The normalized spacial score (nSPS) is 14.2.